The summed E-state index contributed by atoms with van der Waals surface area (Å²) in [6, 6.07) is 6.64. The minimum absolute atomic E-state index is 0.212. The first-order valence-corrected chi connectivity index (χ1v) is 3.97. The smallest absolute Gasteiger partial charge is 0.336 e. The molecule has 2 aromatic rings. The fourth-order valence-corrected chi connectivity index (χ4v) is 1.21. The molecule has 0 saturated heterocycles. The van der Waals surface area contributed by atoms with Crippen LogP contribution in [0.25, 0.3) is 11.4 Å². The molecule has 2 rings (SSSR count). The Bertz CT molecular complexity index is 451. The number of carboxylic acids is 1. The van der Waals surface area contributed by atoms with E-state index in [0.717, 1.165) is 0 Å². The van der Waals surface area contributed by atoms with Gasteiger partial charge >= 0.3 is 5.97 Å². The van der Waals surface area contributed by atoms with Gasteiger partial charge < -0.3 is 5.11 Å². The fourth-order valence-electron chi connectivity index (χ4n) is 1.21. The molecule has 0 aliphatic carbocycles. The maximum Gasteiger partial charge on any atom is 0.336 e. The van der Waals surface area contributed by atoms with Gasteiger partial charge in [0.2, 0.25) is 0 Å². The van der Waals surface area contributed by atoms with E-state index in [2.05, 4.69) is 15.2 Å². The highest BCUT2D eigenvalue weighted by Crippen LogP contribution is 2.18. The summed E-state index contributed by atoms with van der Waals surface area (Å²) in [5.41, 5.74) is 0.752. The number of rotatable bonds is 2. The van der Waals surface area contributed by atoms with Crippen molar-refractivity contribution >= 4 is 5.97 Å². The van der Waals surface area contributed by atoms with Crippen molar-refractivity contribution in [3.8, 4) is 11.4 Å². The van der Waals surface area contributed by atoms with E-state index in [1.54, 1.807) is 18.2 Å². The van der Waals surface area contributed by atoms with Crippen molar-refractivity contribution in [3.05, 3.63) is 36.2 Å². The van der Waals surface area contributed by atoms with E-state index in [9.17, 15) is 4.79 Å². The second-order valence-corrected chi connectivity index (χ2v) is 2.68. The highest BCUT2D eigenvalue weighted by atomic mass is 16.4. The van der Waals surface area contributed by atoms with Crippen LogP contribution in [0.2, 0.25) is 0 Å². The van der Waals surface area contributed by atoms with E-state index in [-0.39, 0.29) is 5.56 Å². The number of aromatic nitrogens is 3. The van der Waals surface area contributed by atoms with E-state index in [1.807, 2.05) is 0 Å². The van der Waals surface area contributed by atoms with Gasteiger partial charge in [0.25, 0.3) is 0 Å². The average Bonchev–Trinajstić information content (AvgIpc) is 2.70. The number of hydrogen-bond donors (Lipinski definition) is 2. The number of carboxylic acid groups (broad SMARTS) is 1. The van der Waals surface area contributed by atoms with Crippen LogP contribution in [0.15, 0.2) is 30.6 Å². The lowest BCUT2D eigenvalue weighted by Gasteiger charge is -2.00. The van der Waals surface area contributed by atoms with Gasteiger partial charge in [-0.3, -0.25) is 5.10 Å². The molecule has 0 fully saturated rings. The summed E-state index contributed by atoms with van der Waals surface area (Å²) >= 11 is 0. The number of aromatic amines is 1. The molecule has 14 heavy (non-hydrogen) atoms. The van der Waals surface area contributed by atoms with Gasteiger partial charge in [0.05, 0.1) is 5.56 Å². The summed E-state index contributed by atoms with van der Waals surface area (Å²) in [6.45, 7) is 0. The van der Waals surface area contributed by atoms with Gasteiger partial charge in [-0.1, -0.05) is 18.2 Å². The van der Waals surface area contributed by atoms with Gasteiger partial charge in [-0.15, -0.1) is 0 Å². The molecule has 5 nitrogen and oxygen atoms in total. The number of nitrogens with zero attached hydrogens (tertiary/aromatic N) is 2. The normalized spacial score (nSPS) is 10.0. The summed E-state index contributed by atoms with van der Waals surface area (Å²) in [5.74, 6) is -0.514. The van der Waals surface area contributed by atoms with Crippen molar-refractivity contribution in [2.75, 3.05) is 0 Å². The van der Waals surface area contributed by atoms with Gasteiger partial charge in [0.1, 0.15) is 6.33 Å². The predicted octanol–water partition coefficient (Wildman–Crippen LogP) is 1.17. The summed E-state index contributed by atoms with van der Waals surface area (Å²) in [6.07, 6.45) is 1.34. The molecule has 1 aromatic carbocycles. The monoisotopic (exact) mass is 189 g/mol. The fraction of sp³-hybridized carbons (Fsp3) is 0. The molecule has 0 saturated carbocycles. The Kier molecular flexibility index (Phi) is 1.98. The molecular weight excluding hydrogens is 182 g/mol. The van der Waals surface area contributed by atoms with Gasteiger partial charge in [0, 0.05) is 5.56 Å². The van der Waals surface area contributed by atoms with Crippen LogP contribution in [0.5, 0.6) is 0 Å². The zero-order valence-corrected chi connectivity index (χ0v) is 7.14. The third kappa shape index (κ3) is 1.35. The van der Waals surface area contributed by atoms with Crippen LogP contribution in [0, 0.1) is 0 Å². The Morgan fingerprint density at radius 3 is 2.79 bits per heavy atom. The molecule has 0 spiro atoms. The SMILES string of the molecule is O=C(O)c1ccccc1-c1ncn[nH]1. The standard InChI is InChI=1S/C9H7N3O2/c13-9(14)7-4-2-1-3-6(7)8-10-5-11-12-8/h1-5H,(H,13,14)(H,10,11,12). The average molecular weight is 189 g/mol. The van der Waals surface area contributed by atoms with Gasteiger partial charge in [-0.2, -0.15) is 5.10 Å². The summed E-state index contributed by atoms with van der Waals surface area (Å²) in [5, 5.41) is 15.2. The zero-order valence-electron chi connectivity index (χ0n) is 7.14. The number of aromatic carboxylic acids is 1. The van der Waals surface area contributed by atoms with Crippen molar-refractivity contribution in [2.24, 2.45) is 0 Å². The topological polar surface area (TPSA) is 78.9 Å². The first kappa shape index (κ1) is 8.43. The molecule has 0 radical (unpaired) electrons. The van der Waals surface area contributed by atoms with E-state index < -0.39 is 5.97 Å². The van der Waals surface area contributed by atoms with Crippen LogP contribution in [0.1, 0.15) is 10.4 Å². The first-order chi connectivity index (χ1) is 6.79. The maximum absolute atomic E-state index is 10.9. The molecule has 1 heterocycles. The highest BCUT2D eigenvalue weighted by Gasteiger charge is 2.11. The lowest BCUT2D eigenvalue weighted by Crippen LogP contribution is -1.99. The highest BCUT2D eigenvalue weighted by molar-refractivity contribution is 5.94. The van der Waals surface area contributed by atoms with Crippen LogP contribution < -0.4 is 0 Å². The number of benzene rings is 1. The summed E-state index contributed by atoms with van der Waals surface area (Å²) in [7, 11) is 0. The molecule has 70 valence electrons. The Morgan fingerprint density at radius 1 is 1.36 bits per heavy atom. The van der Waals surface area contributed by atoms with Crippen molar-refractivity contribution in [3.63, 3.8) is 0 Å². The Labute approximate surface area is 79.4 Å². The minimum atomic E-state index is -0.975. The van der Waals surface area contributed by atoms with Crippen LogP contribution >= 0.6 is 0 Å². The Hall–Kier alpha value is -2.17. The summed E-state index contributed by atoms with van der Waals surface area (Å²) in [4.78, 5) is 14.8. The molecule has 1 aromatic heterocycles. The molecule has 0 atom stereocenters. The van der Waals surface area contributed by atoms with Gasteiger partial charge in [-0.25, -0.2) is 9.78 Å². The van der Waals surface area contributed by atoms with Crippen LogP contribution in [-0.4, -0.2) is 26.3 Å². The molecule has 0 amide bonds. The van der Waals surface area contributed by atoms with E-state index in [1.165, 1.54) is 12.4 Å². The lowest BCUT2D eigenvalue weighted by molar-refractivity contribution is 0.0697. The number of H-pyrrole nitrogens is 1. The maximum atomic E-state index is 10.9. The second kappa shape index (κ2) is 3.29. The van der Waals surface area contributed by atoms with Crippen LogP contribution in [0.4, 0.5) is 0 Å². The predicted molar refractivity (Wildman–Crippen MR) is 48.8 cm³/mol. The Balaban J connectivity index is 2.58. The van der Waals surface area contributed by atoms with Crippen molar-refractivity contribution < 1.29 is 9.90 Å². The third-order valence-corrected chi connectivity index (χ3v) is 1.83. The van der Waals surface area contributed by atoms with Gasteiger partial charge in [0.15, 0.2) is 5.82 Å². The Morgan fingerprint density at radius 2 is 2.14 bits per heavy atom. The third-order valence-electron chi connectivity index (χ3n) is 1.83. The minimum Gasteiger partial charge on any atom is -0.478 e. The lowest BCUT2D eigenvalue weighted by atomic mass is 10.1. The van der Waals surface area contributed by atoms with E-state index >= 15 is 0 Å². The van der Waals surface area contributed by atoms with E-state index in [0.29, 0.717) is 11.4 Å². The van der Waals surface area contributed by atoms with Crippen molar-refractivity contribution in [2.45, 2.75) is 0 Å². The quantitative estimate of drug-likeness (QED) is 0.743. The zero-order chi connectivity index (χ0) is 9.97. The van der Waals surface area contributed by atoms with Crippen LogP contribution in [-0.2, 0) is 0 Å². The molecule has 2 N–H and O–H groups in total. The number of hydrogen-bond acceptors (Lipinski definition) is 3. The number of carbonyl (C=O) groups is 1. The van der Waals surface area contributed by atoms with E-state index in [4.69, 9.17) is 5.11 Å². The van der Waals surface area contributed by atoms with Crippen molar-refractivity contribution in [1.82, 2.24) is 15.2 Å². The molecule has 0 aliphatic rings. The molecule has 0 bridgehead atoms. The molecule has 5 heteroatoms. The van der Waals surface area contributed by atoms with Crippen molar-refractivity contribution in [1.29, 1.82) is 0 Å². The van der Waals surface area contributed by atoms with Crippen LogP contribution in [0.3, 0.4) is 0 Å². The summed E-state index contributed by atoms with van der Waals surface area (Å²) < 4.78 is 0. The molecular formula is C9H7N3O2. The first-order valence-electron chi connectivity index (χ1n) is 3.97. The van der Waals surface area contributed by atoms with Gasteiger partial charge in [-0.05, 0) is 6.07 Å². The molecule has 0 aliphatic heterocycles. The molecule has 0 unspecified atom stereocenters. The largest absolute Gasteiger partial charge is 0.478 e. The number of nitrogens with one attached hydrogen (secondary N) is 1. The second-order valence-electron chi connectivity index (χ2n) is 2.68.